The van der Waals surface area contributed by atoms with Gasteiger partial charge in [-0.2, -0.15) is 26.3 Å². The van der Waals surface area contributed by atoms with Gasteiger partial charge in [0.05, 0.1) is 27.8 Å². The van der Waals surface area contributed by atoms with Gasteiger partial charge in [-0.05, 0) is 67.3 Å². The Bertz CT molecular complexity index is 1800. The number of benzene rings is 3. The van der Waals surface area contributed by atoms with Gasteiger partial charge in [-0.3, -0.25) is 4.79 Å². The van der Waals surface area contributed by atoms with E-state index in [1.165, 1.54) is 17.6 Å². The molecule has 0 unspecified atom stereocenters. The molecule has 0 fully saturated rings. The van der Waals surface area contributed by atoms with Gasteiger partial charge < -0.3 is 9.67 Å². The highest BCUT2D eigenvalue weighted by molar-refractivity contribution is 6.43. The van der Waals surface area contributed by atoms with Gasteiger partial charge in [-0.15, -0.1) is 0 Å². The van der Waals surface area contributed by atoms with Crippen molar-refractivity contribution in [3.63, 3.8) is 0 Å². The van der Waals surface area contributed by atoms with Crippen LogP contribution in [0.1, 0.15) is 40.4 Å². The number of aryl methyl sites for hydroxylation is 1. The molecule has 1 aromatic heterocycles. The third-order valence-corrected chi connectivity index (χ3v) is 7.21. The number of hydrogen-bond acceptors (Lipinski definition) is 2. The lowest BCUT2D eigenvalue weighted by molar-refractivity contribution is -0.143. The molecule has 0 atom stereocenters. The SMILES string of the molecule is C=C(C)/C(=C1\C(=O)C(c2c(C)n(-c3cc(C(F)(F)F)cc(C(F)(F)F)c3)c3ccccc23)=C1O)c1ccccc1C. The maximum atomic E-state index is 13.7. The van der Waals surface area contributed by atoms with Crippen molar-refractivity contribution in [3.8, 4) is 5.69 Å². The Morgan fingerprint density at radius 2 is 1.41 bits per heavy atom. The zero-order chi connectivity index (χ0) is 30.0. The molecule has 1 N–H and O–H groups in total. The second-order valence-electron chi connectivity index (χ2n) is 9.98. The number of ketones is 1. The quantitative estimate of drug-likeness (QED) is 0.197. The van der Waals surface area contributed by atoms with Crippen LogP contribution in [-0.4, -0.2) is 15.5 Å². The van der Waals surface area contributed by atoms with Crippen LogP contribution in [0, 0.1) is 13.8 Å². The molecule has 41 heavy (non-hydrogen) atoms. The van der Waals surface area contributed by atoms with E-state index in [2.05, 4.69) is 6.58 Å². The molecular weight excluding hydrogens is 544 g/mol. The number of carbonyl (C=O) groups excluding carboxylic acids is 1. The normalized spacial score (nSPS) is 15.4. The van der Waals surface area contributed by atoms with Crippen LogP contribution in [0.25, 0.3) is 27.7 Å². The second-order valence-corrected chi connectivity index (χ2v) is 9.98. The number of Topliss-reactive ketones (excluding diaryl/α,β-unsaturated/α-hetero) is 1. The number of carbonyl (C=O) groups is 1. The number of alkyl halides is 6. The van der Waals surface area contributed by atoms with Gasteiger partial charge in [-0.25, -0.2) is 0 Å². The fourth-order valence-corrected chi connectivity index (χ4v) is 5.38. The molecule has 0 spiro atoms. The predicted molar refractivity (Wildman–Crippen MR) is 145 cm³/mol. The van der Waals surface area contributed by atoms with E-state index in [9.17, 15) is 36.2 Å². The maximum absolute atomic E-state index is 13.7. The van der Waals surface area contributed by atoms with Crippen LogP contribution in [0.15, 0.2) is 90.2 Å². The predicted octanol–water partition coefficient (Wildman–Crippen LogP) is 9.17. The number of nitrogens with zero attached hydrogens (tertiary/aromatic N) is 1. The molecule has 9 heteroatoms. The molecule has 0 amide bonds. The van der Waals surface area contributed by atoms with E-state index in [1.807, 2.05) is 19.1 Å². The summed E-state index contributed by atoms with van der Waals surface area (Å²) in [4.78, 5) is 13.7. The number of aromatic nitrogens is 1. The molecule has 1 aliphatic carbocycles. The number of allylic oxidation sites excluding steroid dienone is 4. The van der Waals surface area contributed by atoms with E-state index in [4.69, 9.17) is 0 Å². The minimum atomic E-state index is -5.03. The first-order chi connectivity index (χ1) is 19.1. The van der Waals surface area contributed by atoms with Gasteiger partial charge in [0.25, 0.3) is 0 Å². The van der Waals surface area contributed by atoms with Gasteiger partial charge in [0.2, 0.25) is 5.78 Å². The lowest BCUT2D eigenvalue weighted by Gasteiger charge is -2.26. The molecule has 3 nitrogen and oxygen atoms in total. The Hall–Kier alpha value is -4.53. The Labute approximate surface area is 231 Å². The number of para-hydroxylation sites is 1. The number of aliphatic hydroxyl groups excluding tert-OH is 1. The van der Waals surface area contributed by atoms with E-state index in [0.29, 0.717) is 34.2 Å². The Morgan fingerprint density at radius 1 is 0.854 bits per heavy atom. The Balaban J connectivity index is 1.80. The van der Waals surface area contributed by atoms with E-state index < -0.39 is 29.3 Å². The highest BCUT2D eigenvalue weighted by Gasteiger charge is 2.41. The lowest BCUT2D eigenvalue weighted by Crippen LogP contribution is -2.23. The van der Waals surface area contributed by atoms with Crippen LogP contribution in [0.3, 0.4) is 0 Å². The second kappa shape index (κ2) is 9.54. The van der Waals surface area contributed by atoms with Crippen molar-refractivity contribution < 1.29 is 36.2 Å². The first kappa shape index (κ1) is 28.0. The van der Waals surface area contributed by atoms with Gasteiger partial charge in [-0.1, -0.05) is 49.0 Å². The number of fused-ring (bicyclic) bond motifs is 1. The highest BCUT2D eigenvalue weighted by atomic mass is 19.4. The fraction of sp³-hybridized carbons (Fsp3) is 0.156. The van der Waals surface area contributed by atoms with Gasteiger partial charge in [0.1, 0.15) is 5.76 Å². The molecule has 0 saturated carbocycles. The zero-order valence-electron chi connectivity index (χ0n) is 22.1. The van der Waals surface area contributed by atoms with Crippen molar-refractivity contribution in [2.45, 2.75) is 33.1 Å². The molecule has 0 saturated heterocycles. The molecule has 1 heterocycles. The molecule has 0 aliphatic heterocycles. The molecule has 1 aliphatic rings. The van der Waals surface area contributed by atoms with Crippen LogP contribution in [-0.2, 0) is 17.1 Å². The first-order valence-electron chi connectivity index (χ1n) is 12.5. The average Bonchev–Trinajstić information content (AvgIpc) is 3.17. The van der Waals surface area contributed by atoms with Crippen LogP contribution in [0.4, 0.5) is 26.3 Å². The summed E-state index contributed by atoms with van der Waals surface area (Å²) >= 11 is 0. The Kier molecular flexibility index (Phi) is 6.52. The van der Waals surface area contributed by atoms with E-state index in [1.54, 1.807) is 37.3 Å². The third-order valence-electron chi connectivity index (χ3n) is 7.21. The standard InChI is InChI=1S/C32H23F6NO2/c1-16(2)25(22-10-6-5-9-17(22)3)27-29(40)28(30(27)41)26-18(4)39(24-12-8-7-11-23(24)26)21-14-19(31(33,34)35)13-20(15-21)32(36,37)38/h5-15,40H,1H2,2-4H3/b27-25+. The summed E-state index contributed by atoms with van der Waals surface area (Å²) in [6, 6.07) is 15.0. The summed E-state index contributed by atoms with van der Waals surface area (Å²) in [6.45, 7) is 9.02. The molecule has 0 radical (unpaired) electrons. The summed E-state index contributed by atoms with van der Waals surface area (Å²) in [5.41, 5.74) is -0.0616. The topological polar surface area (TPSA) is 42.2 Å². The number of hydrogen-bond donors (Lipinski definition) is 1. The molecule has 3 aromatic carbocycles. The zero-order valence-corrected chi connectivity index (χ0v) is 22.1. The molecular formula is C32H23F6NO2. The minimum Gasteiger partial charge on any atom is -0.506 e. The van der Waals surface area contributed by atoms with Crippen molar-refractivity contribution in [1.29, 1.82) is 0 Å². The van der Waals surface area contributed by atoms with Gasteiger partial charge in [0, 0.05) is 22.3 Å². The van der Waals surface area contributed by atoms with Crippen LogP contribution in [0.2, 0.25) is 0 Å². The van der Waals surface area contributed by atoms with Crippen molar-refractivity contribution in [1.82, 2.24) is 4.57 Å². The van der Waals surface area contributed by atoms with Crippen molar-refractivity contribution in [3.05, 3.63) is 124 Å². The summed E-state index contributed by atoms with van der Waals surface area (Å²) in [6.07, 6.45) is -10.1. The monoisotopic (exact) mass is 567 g/mol. The largest absolute Gasteiger partial charge is 0.506 e. The van der Waals surface area contributed by atoms with E-state index in [0.717, 1.165) is 5.56 Å². The van der Waals surface area contributed by atoms with Crippen molar-refractivity contribution in [2.75, 3.05) is 0 Å². The summed E-state index contributed by atoms with van der Waals surface area (Å²) in [5, 5.41) is 11.7. The van der Waals surface area contributed by atoms with E-state index in [-0.39, 0.29) is 45.4 Å². The van der Waals surface area contributed by atoms with Crippen LogP contribution < -0.4 is 0 Å². The Morgan fingerprint density at radius 3 is 1.95 bits per heavy atom. The molecule has 210 valence electrons. The fourth-order valence-electron chi connectivity index (χ4n) is 5.38. The maximum Gasteiger partial charge on any atom is 0.416 e. The summed E-state index contributed by atoms with van der Waals surface area (Å²) in [7, 11) is 0. The minimum absolute atomic E-state index is 0.0523. The van der Waals surface area contributed by atoms with Gasteiger partial charge in [0.15, 0.2) is 0 Å². The van der Waals surface area contributed by atoms with Gasteiger partial charge >= 0.3 is 12.4 Å². The smallest absolute Gasteiger partial charge is 0.416 e. The summed E-state index contributed by atoms with van der Waals surface area (Å²) < 4.78 is 83.1. The number of halogens is 6. The third kappa shape index (κ3) is 4.55. The van der Waals surface area contributed by atoms with Crippen molar-refractivity contribution in [2.24, 2.45) is 0 Å². The lowest BCUT2D eigenvalue weighted by atomic mass is 9.76. The number of rotatable bonds is 4. The average molecular weight is 568 g/mol. The molecule has 4 aromatic rings. The summed E-state index contributed by atoms with van der Waals surface area (Å²) in [5.74, 6) is -0.822. The van der Waals surface area contributed by atoms with E-state index >= 15 is 0 Å². The molecule has 0 bridgehead atoms. The number of aliphatic hydroxyl groups is 1. The van der Waals surface area contributed by atoms with Crippen LogP contribution in [0.5, 0.6) is 0 Å². The van der Waals surface area contributed by atoms with Crippen molar-refractivity contribution >= 4 is 27.8 Å². The van der Waals surface area contributed by atoms with Crippen LogP contribution >= 0.6 is 0 Å². The highest BCUT2D eigenvalue weighted by Crippen LogP contribution is 2.47. The first-order valence-corrected chi connectivity index (χ1v) is 12.5. The molecule has 5 rings (SSSR count).